The van der Waals surface area contributed by atoms with E-state index >= 15 is 0 Å². The average Bonchev–Trinajstić information content (AvgIpc) is 3.38. The lowest BCUT2D eigenvalue weighted by Crippen LogP contribution is -2.53. The Kier molecular flexibility index (Phi) is 4.44. The van der Waals surface area contributed by atoms with Gasteiger partial charge in [-0.25, -0.2) is 4.68 Å². The van der Waals surface area contributed by atoms with E-state index in [1.54, 1.807) is 12.5 Å². The van der Waals surface area contributed by atoms with Gasteiger partial charge in [-0.05, 0) is 18.1 Å². The SMILES string of the molecule is O=c1c(=O)n2c(nn1Cc1ccccc1)COC1(CCN(Cc3ccoc3)C1)C2. The van der Waals surface area contributed by atoms with Crippen LogP contribution in [0.4, 0.5) is 0 Å². The second kappa shape index (κ2) is 7.13. The van der Waals surface area contributed by atoms with Crippen molar-refractivity contribution in [2.75, 3.05) is 13.1 Å². The molecule has 2 aliphatic rings. The van der Waals surface area contributed by atoms with Gasteiger partial charge in [-0.15, -0.1) is 0 Å². The van der Waals surface area contributed by atoms with E-state index < -0.39 is 16.7 Å². The molecule has 1 spiro atoms. The Morgan fingerprint density at radius 2 is 1.86 bits per heavy atom. The Balaban J connectivity index is 1.38. The molecule has 0 radical (unpaired) electrons. The molecule has 0 bridgehead atoms. The molecule has 1 fully saturated rings. The van der Waals surface area contributed by atoms with Crippen LogP contribution in [0.3, 0.4) is 0 Å². The minimum absolute atomic E-state index is 0.226. The van der Waals surface area contributed by atoms with Gasteiger partial charge >= 0.3 is 11.1 Å². The molecule has 5 rings (SSSR count). The van der Waals surface area contributed by atoms with Crippen molar-refractivity contribution in [2.24, 2.45) is 0 Å². The number of rotatable bonds is 4. The van der Waals surface area contributed by atoms with Gasteiger partial charge in [0.15, 0.2) is 5.82 Å². The molecule has 2 aliphatic heterocycles. The van der Waals surface area contributed by atoms with E-state index in [0.717, 1.165) is 30.6 Å². The van der Waals surface area contributed by atoms with Gasteiger partial charge in [-0.1, -0.05) is 30.3 Å². The number of furan rings is 1. The number of hydrogen-bond acceptors (Lipinski definition) is 6. The summed E-state index contributed by atoms with van der Waals surface area (Å²) in [5.41, 5.74) is 0.455. The maximum Gasteiger partial charge on any atom is 0.332 e. The molecule has 1 aromatic carbocycles. The standard InChI is InChI=1S/C21H22N4O4/c26-19-20(27)25(11-16-4-2-1-3-5-16)22-18-13-29-21(15-24(18)19)7-8-23(14-21)10-17-6-9-28-12-17/h1-6,9,12H,7-8,10-11,13-15H2. The molecule has 1 unspecified atom stereocenters. The van der Waals surface area contributed by atoms with Crippen molar-refractivity contribution in [1.29, 1.82) is 0 Å². The molecule has 0 amide bonds. The average molecular weight is 394 g/mol. The molecule has 4 heterocycles. The van der Waals surface area contributed by atoms with Crippen molar-refractivity contribution in [1.82, 2.24) is 19.2 Å². The number of likely N-dealkylation sites (tertiary alicyclic amines) is 1. The third kappa shape index (κ3) is 3.45. The fourth-order valence-electron chi connectivity index (χ4n) is 4.22. The normalized spacial score (nSPS) is 21.5. The molecular formula is C21H22N4O4. The summed E-state index contributed by atoms with van der Waals surface area (Å²) >= 11 is 0. The van der Waals surface area contributed by atoms with E-state index in [2.05, 4.69) is 10.00 Å². The van der Waals surface area contributed by atoms with Crippen LogP contribution in [0.15, 0.2) is 62.9 Å². The van der Waals surface area contributed by atoms with Crippen LogP contribution in [0.5, 0.6) is 0 Å². The van der Waals surface area contributed by atoms with Crippen LogP contribution in [0.1, 0.15) is 23.4 Å². The first-order chi connectivity index (χ1) is 14.1. The highest BCUT2D eigenvalue weighted by atomic mass is 16.5. The minimum atomic E-state index is -0.595. The Bertz CT molecular complexity index is 1120. The van der Waals surface area contributed by atoms with Crippen LogP contribution in [-0.2, 0) is 31.0 Å². The summed E-state index contributed by atoms with van der Waals surface area (Å²) in [5, 5.41) is 4.42. The van der Waals surface area contributed by atoms with Gasteiger partial charge in [0.05, 0.1) is 25.6 Å². The second-order valence-electron chi connectivity index (χ2n) is 7.82. The zero-order chi connectivity index (χ0) is 19.8. The predicted octanol–water partition coefficient (Wildman–Crippen LogP) is 1.22. The van der Waals surface area contributed by atoms with Gasteiger partial charge in [-0.3, -0.25) is 19.1 Å². The topological polar surface area (TPSA) is 82.5 Å². The summed E-state index contributed by atoms with van der Waals surface area (Å²) in [7, 11) is 0. The number of nitrogens with zero attached hydrogens (tertiary/aromatic N) is 4. The van der Waals surface area contributed by atoms with Crippen LogP contribution >= 0.6 is 0 Å². The smallest absolute Gasteiger partial charge is 0.332 e. The van der Waals surface area contributed by atoms with E-state index in [9.17, 15) is 9.59 Å². The van der Waals surface area contributed by atoms with Crippen molar-refractivity contribution in [3.63, 3.8) is 0 Å². The lowest BCUT2D eigenvalue weighted by Gasteiger charge is -2.35. The Hall–Kier alpha value is -2.97. The second-order valence-corrected chi connectivity index (χ2v) is 7.82. The summed E-state index contributed by atoms with van der Waals surface area (Å²) in [6.45, 7) is 3.21. The van der Waals surface area contributed by atoms with Crippen LogP contribution in [0, 0.1) is 0 Å². The van der Waals surface area contributed by atoms with Gasteiger partial charge in [-0.2, -0.15) is 5.10 Å². The van der Waals surface area contributed by atoms with Crippen molar-refractivity contribution >= 4 is 0 Å². The third-order valence-electron chi connectivity index (χ3n) is 5.72. The highest BCUT2D eigenvalue weighted by Gasteiger charge is 2.43. The molecule has 8 heteroatoms. The summed E-state index contributed by atoms with van der Waals surface area (Å²) in [6, 6.07) is 11.5. The molecule has 2 aromatic heterocycles. The summed E-state index contributed by atoms with van der Waals surface area (Å²) in [4.78, 5) is 27.7. The quantitative estimate of drug-likeness (QED) is 0.619. The molecule has 150 valence electrons. The Labute approximate surface area is 166 Å². The first-order valence-corrected chi connectivity index (χ1v) is 9.74. The highest BCUT2D eigenvalue weighted by molar-refractivity contribution is 5.15. The predicted molar refractivity (Wildman–Crippen MR) is 104 cm³/mol. The molecule has 0 N–H and O–H groups in total. The molecule has 0 saturated carbocycles. The molecule has 1 atom stereocenters. The lowest BCUT2D eigenvalue weighted by molar-refractivity contribution is -0.0858. The van der Waals surface area contributed by atoms with E-state index in [0.29, 0.717) is 18.9 Å². The van der Waals surface area contributed by atoms with Gasteiger partial charge in [0.1, 0.15) is 12.2 Å². The molecule has 8 nitrogen and oxygen atoms in total. The van der Waals surface area contributed by atoms with Crippen LogP contribution in [-0.4, -0.2) is 37.9 Å². The molecule has 1 saturated heterocycles. The number of hydrogen-bond donors (Lipinski definition) is 0. The number of aromatic nitrogens is 3. The summed E-state index contributed by atoms with van der Waals surface area (Å²) in [5.74, 6) is 0.504. The zero-order valence-electron chi connectivity index (χ0n) is 16.0. The van der Waals surface area contributed by atoms with E-state index in [-0.39, 0.29) is 13.2 Å². The van der Waals surface area contributed by atoms with Crippen LogP contribution < -0.4 is 11.1 Å². The van der Waals surface area contributed by atoms with Gasteiger partial charge in [0.25, 0.3) is 0 Å². The maximum absolute atomic E-state index is 12.8. The fraction of sp³-hybridized carbons (Fsp3) is 0.381. The molecule has 29 heavy (non-hydrogen) atoms. The Morgan fingerprint density at radius 1 is 1.00 bits per heavy atom. The summed E-state index contributed by atoms with van der Waals surface area (Å²) < 4.78 is 14.1. The van der Waals surface area contributed by atoms with E-state index in [4.69, 9.17) is 9.15 Å². The summed E-state index contributed by atoms with van der Waals surface area (Å²) in [6.07, 6.45) is 4.22. The fourth-order valence-corrected chi connectivity index (χ4v) is 4.22. The largest absolute Gasteiger partial charge is 0.472 e. The van der Waals surface area contributed by atoms with Gasteiger partial charge in [0, 0.05) is 25.2 Å². The Morgan fingerprint density at radius 3 is 2.66 bits per heavy atom. The maximum atomic E-state index is 12.8. The zero-order valence-corrected chi connectivity index (χ0v) is 16.0. The number of benzene rings is 1. The van der Waals surface area contributed by atoms with Crippen molar-refractivity contribution in [2.45, 2.75) is 38.3 Å². The number of ether oxygens (including phenoxy) is 1. The van der Waals surface area contributed by atoms with Crippen molar-refractivity contribution in [3.05, 3.63) is 86.6 Å². The van der Waals surface area contributed by atoms with Gasteiger partial charge < -0.3 is 9.15 Å². The molecule has 3 aromatic rings. The van der Waals surface area contributed by atoms with E-state index in [1.165, 1.54) is 9.25 Å². The van der Waals surface area contributed by atoms with Crippen LogP contribution in [0.2, 0.25) is 0 Å². The monoisotopic (exact) mass is 394 g/mol. The third-order valence-corrected chi connectivity index (χ3v) is 5.72. The van der Waals surface area contributed by atoms with Crippen molar-refractivity contribution in [3.8, 4) is 0 Å². The number of fused-ring (bicyclic) bond motifs is 1. The highest BCUT2D eigenvalue weighted by Crippen LogP contribution is 2.31. The van der Waals surface area contributed by atoms with E-state index in [1.807, 2.05) is 36.4 Å². The lowest BCUT2D eigenvalue weighted by atomic mass is 10.0. The molecular weight excluding hydrogens is 372 g/mol. The van der Waals surface area contributed by atoms with Crippen molar-refractivity contribution < 1.29 is 9.15 Å². The minimum Gasteiger partial charge on any atom is -0.472 e. The first-order valence-electron chi connectivity index (χ1n) is 9.74. The first kappa shape index (κ1) is 18.1. The van der Waals surface area contributed by atoms with Gasteiger partial charge in [0.2, 0.25) is 0 Å². The molecule has 0 aliphatic carbocycles. The van der Waals surface area contributed by atoms with Crippen LogP contribution in [0.25, 0.3) is 0 Å².